The van der Waals surface area contributed by atoms with Gasteiger partial charge in [-0.05, 0) is 27.4 Å². The van der Waals surface area contributed by atoms with Crippen molar-refractivity contribution in [2.75, 3.05) is 0 Å². The van der Waals surface area contributed by atoms with Crippen LogP contribution in [0.15, 0.2) is 46.9 Å². The van der Waals surface area contributed by atoms with Crippen LogP contribution in [-0.4, -0.2) is 4.57 Å². The van der Waals surface area contributed by atoms with Crippen LogP contribution < -0.4 is 5.49 Å². The zero-order valence-corrected chi connectivity index (χ0v) is 11.0. The summed E-state index contributed by atoms with van der Waals surface area (Å²) < 4.78 is 2.94. The fourth-order valence-corrected chi connectivity index (χ4v) is 2.92. The van der Waals surface area contributed by atoms with Gasteiger partial charge in [-0.15, -0.1) is 0 Å². The number of rotatable bonds is 0. The summed E-state index contributed by atoms with van der Waals surface area (Å²) in [7, 11) is 1.93. The molecule has 0 amide bonds. The van der Waals surface area contributed by atoms with Crippen LogP contribution in [0.1, 0.15) is 0 Å². The van der Waals surface area contributed by atoms with Crippen LogP contribution in [0.3, 0.4) is 0 Å². The fourth-order valence-electron chi connectivity index (χ4n) is 2.29. The van der Waals surface area contributed by atoms with E-state index in [1.807, 2.05) is 41.9 Å². The lowest BCUT2D eigenvalue weighted by Gasteiger charge is -2.11. The molecule has 3 heteroatoms. The van der Waals surface area contributed by atoms with Crippen molar-refractivity contribution in [3.05, 3.63) is 52.4 Å². The summed E-state index contributed by atoms with van der Waals surface area (Å²) in [6, 6.07) is 14.2. The Labute approximate surface area is 107 Å². The largest absolute Gasteiger partial charge is 0.328 e. The second-order valence-corrected chi connectivity index (χ2v) is 4.94. The molecule has 3 aromatic rings. The van der Waals surface area contributed by atoms with Crippen LogP contribution in [0.25, 0.3) is 21.7 Å². The summed E-state index contributed by atoms with van der Waals surface area (Å²) in [5.41, 5.74) is 1.61. The average Bonchev–Trinajstić information content (AvgIpc) is 2.36. The van der Waals surface area contributed by atoms with E-state index in [0.717, 1.165) is 20.8 Å². The molecule has 1 heterocycles. The van der Waals surface area contributed by atoms with Gasteiger partial charge >= 0.3 is 0 Å². The van der Waals surface area contributed by atoms with Crippen LogP contribution in [0.5, 0.6) is 0 Å². The van der Waals surface area contributed by atoms with Gasteiger partial charge in [-0.25, -0.2) is 0 Å². The molecule has 0 radical (unpaired) electrons. The highest BCUT2D eigenvalue weighted by Gasteiger charge is 2.07. The Morgan fingerprint density at radius 2 is 1.59 bits per heavy atom. The lowest BCUT2D eigenvalue weighted by atomic mass is 10.1. The smallest absolute Gasteiger partial charge is 0.132 e. The number of para-hydroxylation sites is 1. The molecule has 0 atom stereocenters. The summed E-state index contributed by atoms with van der Waals surface area (Å²) >= 11 is 3.56. The monoisotopic (exact) mass is 286 g/mol. The molecular formula is C14H11BrN2. The van der Waals surface area contributed by atoms with Gasteiger partial charge in [-0.3, -0.25) is 5.41 Å². The minimum absolute atomic E-state index is 0.542. The topological polar surface area (TPSA) is 28.8 Å². The van der Waals surface area contributed by atoms with E-state index in [1.54, 1.807) is 0 Å². The first-order valence-electron chi connectivity index (χ1n) is 5.40. The van der Waals surface area contributed by atoms with Gasteiger partial charge < -0.3 is 4.57 Å². The maximum Gasteiger partial charge on any atom is 0.132 e. The highest BCUT2D eigenvalue weighted by molar-refractivity contribution is 9.10. The van der Waals surface area contributed by atoms with Gasteiger partial charge in [0.25, 0.3) is 0 Å². The van der Waals surface area contributed by atoms with Crippen molar-refractivity contribution in [3.8, 4) is 0 Å². The summed E-state index contributed by atoms with van der Waals surface area (Å²) in [5, 5.41) is 11.5. The summed E-state index contributed by atoms with van der Waals surface area (Å²) in [5.74, 6) is 0. The van der Waals surface area contributed by atoms with Crippen molar-refractivity contribution in [2.24, 2.45) is 7.05 Å². The molecule has 84 valence electrons. The minimum atomic E-state index is 0.542. The van der Waals surface area contributed by atoms with Crippen molar-refractivity contribution in [2.45, 2.75) is 0 Å². The van der Waals surface area contributed by atoms with Crippen molar-refractivity contribution < 1.29 is 0 Å². The third-order valence-corrected chi connectivity index (χ3v) is 3.77. The van der Waals surface area contributed by atoms with Gasteiger partial charge in [-0.2, -0.15) is 0 Å². The Morgan fingerprint density at radius 3 is 2.35 bits per heavy atom. The molecule has 2 nitrogen and oxygen atoms in total. The van der Waals surface area contributed by atoms with E-state index in [0.29, 0.717) is 5.49 Å². The highest BCUT2D eigenvalue weighted by Crippen LogP contribution is 2.27. The van der Waals surface area contributed by atoms with Crippen LogP contribution in [0.4, 0.5) is 0 Å². The molecule has 0 bridgehead atoms. The standard InChI is InChI=1S/C14H11BrN2/c1-17-13-10(7-4-8-12(13)15)9-5-2-3-6-11(9)14(17)16/h2-8,16H,1H3. The molecular weight excluding hydrogens is 276 g/mol. The quantitative estimate of drug-likeness (QED) is 0.612. The number of nitrogens with zero attached hydrogens (tertiary/aromatic N) is 1. The summed E-state index contributed by atoms with van der Waals surface area (Å²) in [4.78, 5) is 0. The fraction of sp³-hybridized carbons (Fsp3) is 0.0714. The van der Waals surface area contributed by atoms with Crippen molar-refractivity contribution in [1.82, 2.24) is 4.57 Å². The first-order valence-corrected chi connectivity index (χ1v) is 6.20. The SMILES string of the molecule is Cn1c(=N)c2ccccc2c2cccc(Br)c21. The number of aromatic nitrogens is 1. The van der Waals surface area contributed by atoms with Gasteiger partial charge in [0, 0.05) is 22.3 Å². The zero-order valence-electron chi connectivity index (χ0n) is 9.37. The summed E-state index contributed by atoms with van der Waals surface area (Å²) in [6.07, 6.45) is 0. The molecule has 0 aliphatic heterocycles. The number of fused-ring (bicyclic) bond motifs is 3. The van der Waals surface area contributed by atoms with Gasteiger partial charge in [0.1, 0.15) is 5.49 Å². The normalized spacial score (nSPS) is 11.2. The first-order chi connectivity index (χ1) is 8.20. The Balaban J connectivity index is 2.76. The van der Waals surface area contributed by atoms with Crippen molar-refractivity contribution >= 4 is 37.6 Å². The molecule has 0 aliphatic rings. The number of hydrogen-bond donors (Lipinski definition) is 1. The molecule has 17 heavy (non-hydrogen) atoms. The summed E-state index contributed by atoms with van der Waals surface area (Å²) in [6.45, 7) is 0. The Kier molecular flexibility index (Phi) is 2.30. The third kappa shape index (κ3) is 1.42. The van der Waals surface area contributed by atoms with Crippen molar-refractivity contribution in [1.29, 1.82) is 5.41 Å². The van der Waals surface area contributed by atoms with E-state index in [9.17, 15) is 0 Å². The minimum Gasteiger partial charge on any atom is -0.328 e. The molecule has 3 rings (SSSR count). The lowest BCUT2D eigenvalue weighted by molar-refractivity contribution is 0.868. The molecule has 1 N–H and O–H groups in total. The molecule has 0 saturated heterocycles. The van der Waals surface area contributed by atoms with Gasteiger partial charge in [0.05, 0.1) is 5.52 Å². The Bertz CT molecular complexity index is 787. The molecule has 1 aromatic heterocycles. The predicted octanol–water partition coefficient (Wildman–Crippen LogP) is 3.57. The maximum absolute atomic E-state index is 8.21. The van der Waals surface area contributed by atoms with Crippen LogP contribution in [0.2, 0.25) is 0 Å². The number of hydrogen-bond acceptors (Lipinski definition) is 1. The Hall–Kier alpha value is -1.61. The van der Waals surface area contributed by atoms with Gasteiger partial charge in [0.2, 0.25) is 0 Å². The second-order valence-electron chi connectivity index (χ2n) is 4.09. The van der Waals surface area contributed by atoms with E-state index in [2.05, 4.69) is 28.1 Å². The van der Waals surface area contributed by atoms with Gasteiger partial charge in [-0.1, -0.05) is 36.4 Å². The Morgan fingerprint density at radius 1 is 0.941 bits per heavy atom. The number of nitrogens with one attached hydrogen (secondary N) is 1. The average molecular weight is 287 g/mol. The van der Waals surface area contributed by atoms with E-state index in [-0.39, 0.29) is 0 Å². The number of pyridine rings is 1. The van der Waals surface area contributed by atoms with Crippen LogP contribution in [-0.2, 0) is 7.05 Å². The van der Waals surface area contributed by atoms with Gasteiger partial charge in [0.15, 0.2) is 0 Å². The predicted molar refractivity (Wildman–Crippen MR) is 74.0 cm³/mol. The zero-order chi connectivity index (χ0) is 12.0. The highest BCUT2D eigenvalue weighted by atomic mass is 79.9. The lowest BCUT2D eigenvalue weighted by Crippen LogP contribution is -2.17. The molecule has 2 aromatic carbocycles. The van der Waals surface area contributed by atoms with E-state index in [1.165, 1.54) is 5.39 Å². The number of benzene rings is 2. The first kappa shape index (κ1) is 10.5. The van der Waals surface area contributed by atoms with E-state index < -0.39 is 0 Å². The molecule has 0 aliphatic carbocycles. The molecule has 0 saturated carbocycles. The number of aryl methyl sites for hydroxylation is 1. The van der Waals surface area contributed by atoms with Crippen molar-refractivity contribution in [3.63, 3.8) is 0 Å². The van der Waals surface area contributed by atoms with Crippen LogP contribution >= 0.6 is 15.9 Å². The molecule has 0 unspecified atom stereocenters. The molecule has 0 spiro atoms. The third-order valence-electron chi connectivity index (χ3n) is 3.13. The maximum atomic E-state index is 8.21. The van der Waals surface area contributed by atoms with E-state index in [4.69, 9.17) is 5.41 Å². The van der Waals surface area contributed by atoms with E-state index >= 15 is 0 Å². The number of halogens is 1. The second kappa shape index (κ2) is 3.70. The molecule has 0 fully saturated rings. The van der Waals surface area contributed by atoms with Crippen LogP contribution in [0, 0.1) is 5.41 Å².